The van der Waals surface area contributed by atoms with Crippen molar-refractivity contribution in [3.8, 4) is 0 Å². The van der Waals surface area contributed by atoms with Crippen LogP contribution < -0.4 is 11.1 Å². The van der Waals surface area contributed by atoms with E-state index in [0.717, 1.165) is 13.1 Å². The van der Waals surface area contributed by atoms with Crippen molar-refractivity contribution in [1.29, 1.82) is 0 Å². The third-order valence-corrected chi connectivity index (χ3v) is 1.50. The third kappa shape index (κ3) is 0.830. The van der Waals surface area contributed by atoms with Crippen LogP contribution in [0.25, 0.3) is 0 Å². The molecule has 0 aliphatic carbocycles. The van der Waals surface area contributed by atoms with Crippen molar-refractivity contribution in [2.75, 3.05) is 11.9 Å². The van der Waals surface area contributed by atoms with E-state index in [4.69, 9.17) is 5.73 Å². The Morgan fingerprint density at radius 2 is 2.55 bits per heavy atom. The molecule has 0 spiro atoms. The summed E-state index contributed by atoms with van der Waals surface area (Å²) in [6.45, 7) is 1.56. The molecule has 1 amide bonds. The lowest BCUT2D eigenvalue weighted by atomic mass is 10.6. The molecule has 0 aromatic carbocycles. The molecule has 3 N–H and O–H groups in total. The van der Waals surface area contributed by atoms with E-state index in [-0.39, 0.29) is 5.82 Å². The number of nitrogens with one attached hydrogen (secondary N) is 1. The van der Waals surface area contributed by atoms with Gasteiger partial charge in [0.1, 0.15) is 0 Å². The summed E-state index contributed by atoms with van der Waals surface area (Å²) in [7, 11) is 0. The Morgan fingerprint density at radius 3 is 3.18 bits per heavy atom. The van der Waals surface area contributed by atoms with Crippen molar-refractivity contribution in [3.63, 3.8) is 0 Å². The zero-order chi connectivity index (χ0) is 7.84. The number of hydrogen-bond donors (Lipinski definition) is 2. The third-order valence-electron chi connectivity index (χ3n) is 1.50. The van der Waals surface area contributed by atoms with Crippen LogP contribution in [0.15, 0.2) is 0 Å². The molecule has 11 heavy (non-hydrogen) atoms. The fraction of sp³-hybridized carbons (Fsp3) is 0.400. The smallest absolute Gasteiger partial charge is 0.288 e. The molecule has 0 fully saturated rings. The van der Waals surface area contributed by atoms with E-state index < -0.39 is 5.91 Å². The van der Waals surface area contributed by atoms with Gasteiger partial charge < -0.3 is 11.1 Å². The van der Waals surface area contributed by atoms with Gasteiger partial charge in [0.15, 0.2) is 0 Å². The largest absolute Gasteiger partial charge is 0.363 e. The Bertz CT molecular complexity index is 282. The van der Waals surface area contributed by atoms with Gasteiger partial charge in [-0.1, -0.05) is 0 Å². The van der Waals surface area contributed by atoms with Crippen LogP contribution in [0.3, 0.4) is 0 Å². The van der Waals surface area contributed by atoms with Crippen LogP contribution in [0.1, 0.15) is 10.6 Å². The molecule has 0 radical (unpaired) electrons. The summed E-state index contributed by atoms with van der Waals surface area (Å²) >= 11 is 0. The summed E-state index contributed by atoms with van der Waals surface area (Å²) < 4.78 is 1.63. The van der Waals surface area contributed by atoms with Gasteiger partial charge in [0.2, 0.25) is 11.8 Å². The Labute approximate surface area is 62.4 Å². The number of amides is 1. The Balaban J connectivity index is 2.42. The highest BCUT2D eigenvalue weighted by Crippen LogP contribution is 2.09. The quantitative estimate of drug-likeness (QED) is 0.530. The molecule has 0 atom stereocenters. The van der Waals surface area contributed by atoms with Gasteiger partial charge in [-0.3, -0.25) is 4.79 Å². The highest BCUT2D eigenvalue weighted by molar-refractivity contribution is 5.89. The molecule has 1 aromatic rings. The lowest BCUT2D eigenvalue weighted by molar-refractivity contribution is 0.0990. The van der Waals surface area contributed by atoms with Gasteiger partial charge in [0.25, 0.3) is 5.91 Å². The van der Waals surface area contributed by atoms with E-state index in [1.807, 2.05) is 0 Å². The summed E-state index contributed by atoms with van der Waals surface area (Å²) in [6, 6.07) is 0. The van der Waals surface area contributed by atoms with E-state index in [1.165, 1.54) is 0 Å². The van der Waals surface area contributed by atoms with E-state index in [0.29, 0.717) is 5.95 Å². The van der Waals surface area contributed by atoms with Crippen LogP contribution in [0.5, 0.6) is 0 Å². The second kappa shape index (κ2) is 1.94. The van der Waals surface area contributed by atoms with E-state index >= 15 is 0 Å². The lowest BCUT2D eigenvalue weighted by Gasteiger charge is -1.86. The highest BCUT2D eigenvalue weighted by atomic mass is 16.1. The number of aromatic nitrogens is 3. The van der Waals surface area contributed by atoms with Crippen LogP contribution in [0.4, 0.5) is 5.95 Å². The van der Waals surface area contributed by atoms with E-state index in [2.05, 4.69) is 15.4 Å². The maximum absolute atomic E-state index is 10.6. The highest BCUT2D eigenvalue weighted by Gasteiger charge is 2.16. The maximum atomic E-state index is 10.6. The molecule has 0 saturated heterocycles. The number of anilines is 1. The molecule has 1 aliphatic heterocycles. The topological polar surface area (TPSA) is 85.8 Å². The normalized spacial score (nSPS) is 14.2. The van der Waals surface area contributed by atoms with Crippen LogP contribution in [0.2, 0.25) is 0 Å². The van der Waals surface area contributed by atoms with Gasteiger partial charge in [0.05, 0.1) is 6.54 Å². The number of hydrogen-bond acceptors (Lipinski definition) is 4. The summed E-state index contributed by atoms with van der Waals surface area (Å²) in [5.74, 6) is 0.111. The first-order chi connectivity index (χ1) is 5.27. The van der Waals surface area contributed by atoms with Crippen molar-refractivity contribution in [2.45, 2.75) is 6.54 Å². The van der Waals surface area contributed by atoms with Crippen LogP contribution in [-0.2, 0) is 6.54 Å². The first-order valence-electron chi connectivity index (χ1n) is 3.26. The van der Waals surface area contributed by atoms with Gasteiger partial charge in [-0.05, 0) is 0 Å². The van der Waals surface area contributed by atoms with Gasteiger partial charge in [-0.25, -0.2) is 4.68 Å². The second-order valence-electron chi connectivity index (χ2n) is 2.27. The number of fused-ring (bicyclic) bond motifs is 1. The number of carbonyl (C=O) groups excluding carboxylic acids is 1. The SMILES string of the molecule is NC(=O)c1nc2n(n1)CCN2. The Morgan fingerprint density at radius 1 is 1.73 bits per heavy atom. The van der Waals surface area contributed by atoms with Crippen molar-refractivity contribution in [1.82, 2.24) is 14.8 Å². The Kier molecular flexibility index (Phi) is 1.09. The number of carbonyl (C=O) groups is 1. The van der Waals surface area contributed by atoms with E-state index in [9.17, 15) is 4.79 Å². The zero-order valence-electron chi connectivity index (χ0n) is 5.74. The minimum atomic E-state index is -0.589. The monoisotopic (exact) mass is 153 g/mol. The molecule has 6 heteroatoms. The minimum absolute atomic E-state index is 0.0761. The van der Waals surface area contributed by atoms with Crippen molar-refractivity contribution >= 4 is 11.9 Å². The summed E-state index contributed by atoms with van der Waals surface area (Å²) in [6.07, 6.45) is 0. The lowest BCUT2D eigenvalue weighted by Crippen LogP contribution is -2.14. The molecule has 6 nitrogen and oxygen atoms in total. The van der Waals surface area contributed by atoms with Gasteiger partial charge >= 0.3 is 0 Å². The number of rotatable bonds is 1. The molecule has 58 valence electrons. The van der Waals surface area contributed by atoms with Gasteiger partial charge in [0, 0.05) is 6.54 Å². The predicted molar refractivity (Wildman–Crippen MR) is 37.0 cm³/mol. The summed E-state index contributed by atoms with van der Waals surface area (Å²) in [4.78, 5) is 14.4. The van der Waals surface area contributed by atoms with Gasteiger partial charge in [-0.2, -0.15) is 4.98 Å². The molecule has 2 heterocycles. The second-order valence-corrected chi connectivity index (χ2v) is 2.27. The molecular weight excluding hydrogens is 146 g/mol. The molecule has 0 bridgehead atoms. The maximum Gasteiger partial charge on any atom is 0.288 e. The molecule has 2 rings (SSSR count). The summed E-state index contributed by atoms with van der Waals surface area (Å²) in [5.41, 5.74) is 4.97. The van der Waals surface area contributed by atoms with Crippen molar-refractivity contribution < 1.29 is 4.79 Å². The number of primary amides is 1. The standard InChI is InChI=1S/C5H7N5O/c6-3(11)4-8-5-7-1-2-10(5)9-4/h1-2H2,(H2,6,11)(H,7,8,9). The number of nitrogens with two attached hydrogens (primary N) is 1. The molecule has 0 unspecified atom stereocenters. The Hall–Kier alpha value is -1.59. The van der Waals surface area contributed by atoms with Crippen molar-refractivity contribution in [2.24, 2.45) is 5.73 Å². The fourth-order valence-electron chi connectivity index (χ4n) is 1.01. The minimum Gasteiger partial charge on any atom is -0.363 e. The van der Waals surface area contributed by atoms with Crippen LogP contribution >= 0.6 is 0 Å². The van der Waals surface area contributed by atoms with Crippen LogP contribution in [-0.4, -0.2) is 27.2 Å². The van der Waals surface area contributed by atoms with Crippen LogP contribution in [0, 0.1) is 0 Å². The average Bonchev–Trinajstić information content (AvgIpc) is 2.40. The first kappa shape index (κ1) is 6.14. The van der Waals surface area contributed by atoms with E-state index in [1.54, 1.807) is 4.68 Å². The van der Waals surface area contributed by atoms with Crippen molar-refractivity contribution in [3.05, 3.63) is 5.82 Å². The van der Waals surface area contributed by atoms with Gasteiger partial charge in [-0.15, -0.1) is 5.10 Å². The molecule has 0 saturated carbocycles. The molecular formula is C5H7N5O. The summed E-state index contributed by atoms with van der Waals surface area (Å²) in [5, 5.41) is 6.82. The predicted octanol–water partition coefficient (Wildman–Crippen LogP) is -1.20. The number of nitrogens with zero attached hydrogens (tertiary/aromatic N) is 3. The first-order valence-corrected chi connectivity index (χ1v) is 3.26. The molecule has 1 aromatic heterocycles. The fourth-order valence-corrected chi connectivity index (χ4v) is 1.01. The zero-order valence-corrected chi connectivity index (χ0v) is 5.74. The molecule has 1 aliphatic rings. The average molecular weight is 153 g/mol.